The van der Waals surface area contributed by atoms with Crippen LogP contribution in [-0.2, 0) is 4.79 Å². The van der Waals surface area contributed by atoms with Crippen LogP contribution in [0.2, 0.25) is 0 Å². The van der Waals surface area contributed by atoms with E-state index in [0.29, 0.717) is 23.5 Å². The van der Waals surface area contributed by atoms with Crippen molar-refractivity contribution in [1.29, 1.82) is 0 Å². The number of nitrogens with one attached hydrogen (secondary N) is 1. The fourth-order valence-corrected chi connectivity index (χ4v) is 3.83. The molecule has 0 saturated carbocycles. The molecule has 1 aromatic carbocycles. The minimum absolute atomic E-state index is 0.149. The normalized spacial score (nSPS) is 16.0. The number of benzene rings is 1. The molecule has 0 spiro atoms. The predicted molar refractivity (Wildman–Crippen MR) is 121 cm³/mol. The minimum Gasteiger partial charge on any atom is -0.369 e. The fraction of sp³-hybridized carbons (Fsp3) is 0.250. The van der Waals surface area contributed by atoms with Crippen LogP contribution in [0.1, 0.15) is 28.9 Å². The number of carbonyl (C=O) groups excluding carboxylic acids is 2. The molecule has 1 aliphatic heterocycles. The second-order valence-electron chi connectivity index (χ2n) is 7.74. The molecule has 1 fully saturated rings. The summed E-state index contributed by atoms with van der Waals surface area (Å²) >= 11 is 0. The number of pyridine rings is 2. The summed E-state index contributed by atoms with van der Waals surface area (Å²) in [6.07, 6.45) is 3.34. The number of amides is 2. The van der Waals surface area contributed by atoms with Gasteiger partial charge in [-0.1, -0.05) is 30.3 Å². The summed E-state index contributed by atoms with van der Waals surface area (Å²) in [6.45, 7) is 3.24. The van der Waals surface area contributed by atoms with Gasteiger partial charge in [-0.25, -0.2) is 4.98 Å². The van der Waals surface area contributed by atoms with Crippen LogP contribution >= 0.6 is 0 Å². The van der Waals surface area contributed by atoms with Crippen molar-refractivity contribution in [2.45, 2.75) is 19.8 Å². The third-order valence-electron chi connectivity index (χ3n) is 5.55. The van der Waals surface area contributed by atoms with Crippen LogP contribution in [-0.4, -0.2) is 34.9 Å². The van der Waals surface area contributed by atoms with Gasteiger partial charge in [-0.15, -0.1) is 0 Å². The summed E-state index contributed by atoms with van der Waals surface area (Å²) in [6, 6.07) is 17.2. The predicted octanol–water partition coefficient (Wildman–Crippen LogP) is 3.41. The Morgan fingerprint density at radius 2 is 1.90 bits per heavy atom. The summed E-state index contributed by atoms with van der Waals surface area (Å²) in [5.41, 5.74) is 9.08. The topological polar surface area (TPSA) is 101 Å². The average molecular weight is 415 g/mol. The molecule has 3 N–H and O–H groups in total. The number of nitrogens with two attached hydrogens (primary N) is 1. The molecule has 7 heteroatoms. The summed E-state index contributed by atoms with van der Waals surface area (Å²) in [4.78, 5) is 35.3. The van der Waals surface area contributed by atoms with E-state index in [4.69, 9.17) is 5.73 Å². The van der Waals surface area contributed by atoms with Crippen molar-refractivity contribution in [2.24, 2.45) is 11.7 Å². The lowest BCUT2D eigenvalue weighted by Crippen LogP contribution is -2.41. The molecule has 3 aromatic rings. The molecule has 158 valence electrons. The first-order valence-electron chi connectivity index (χ1n) is 10.4. The third-order valence-corrected chi connectivity index (χ3v) is 5.55. The van der Waals surface area contributed by atoms with E-state index in [1.165, 1.54) is 0 Å². The summed E-state index contributed by atoms with van der Waals surface area (Å²) in [7, 11) is 0. The maximum atomic E-state index is 12.7. The monoisotopic (exact) mass is 415 g/mol. The third kappa shape index (κ3) is 4.71. The molecule has 1 aliphatic rings. The van der Waals surface area contributed by atoms with Crippen LogP contribution in [0, 0.1) is 12.8 Å². The number of anilines is 2. The Balaban J connectivity index is 1.43. The van der Waals surface area contributed by atoms with Crippen LogP contribution in [0.5, 0.6) is 0 Å². The first-order chi connectivity index (χ1) is 15.0. The molecule has 31 heavy (non-hydrogen) atoms. The standard InChI is InChI=1S/C24H25N5O2/c1-16-20(10-11-21(27-16)17-6-3-2-4-7-17)24(31)28-19-9-12-22(26-14-19)29-13-5-8-18(15-29)23(25)30/h2-4,6-7,9-12,14,18H,5,8,13,15H2,1H3,(H2,25,30)(H,28,31). The van der Waals surface area contributed by atoms with Gasteiger partial charge in [0, 0.05) is 18.7 Å². The van der Waals surface area contributed by atoms with Gasteiger partial charge in [0.2, 0.25) is 5.91 Å². The highest BCUT2D eigenvalue weighted by atomic mass is 16.2. The molecule has 2 aromatic heterocycles. The van der Waals surface area contributed by atoms with E-state index >= 15 is 0 Å². The van der Waals surface area contributed by atoms with Gasteiger partial charge in [-0.3, -0.25) is 14.6 Å². The van der Waals surface area contributed by atoms with Gasteiger partial charge in [0.1, 0.15) is 5.82 Å². The van der Waals surface area contributed by atoms with E-state index in [2.05, 4.69) is 20.2 Å². The van der Waals surface area contributed by atoms with Crippen LogP contribution in [0.3, 0.4) is 0 Å². The molecule has 1 atom stereocenters. The zero-order valence-electron chi connectivity index (χ0n) is 17.4. The molecular formula is C24H25N5O2. The number of carbonyl (C=O) groups is 2. The highest BCUT2D eigenvalue weighted by Crippen LogP contribution is 2.23. The molecular weight excluding hydrogens is 390 g/mol. The highest BCUT2D eigenvalue weighted by Gasteiger charge is 2.24. The van der Waals surface area contributed by atoms with Crippen LogP contribution in [0.4, 0.5) is 11.5 Å². The molecule has 4 rings (SSSR count). The summed E-state index contributed by atoms with van der Waals surface area (Å²) in [5.74, 6) is 0.125. The molecule has 0 aliphatic carbocycles. The van der Waals surface area contributed by atoms with E-state index in [1.54, 1.807) is 12.3 Å². The second-order valence-corrected chi connectivity index (χ2v) is 7.74. The summed E-state index contributed by atoms with van der Waals surface area (Å²) in [5, 5.41) is 2.88. The van der Waals surface area contributed by atoms with Crippen LogP contribution in [0.25, 0.3) is 11.3 Å². The van der Waals surface area contributed by atoms with Crippen LogP contribution in [0.15, 0.2) is 60.8 Å². The van der Waals surface area contributed by atoms with Crippen molar-refractivity contribution >= 4 is 23.3 Å². The highest BCUT2D eigenvalue weighted by molar-refractivity contribution is 6.05. The number of primary amides is 1. The average Bonchev–Trinajstić information content (AvgIpc) is 2.80. The molecule has 2 amide bonds. The Hall–Kier alpha value is -3.74. The molecule has 0 radical (unpaired) electrons. The number of hydrogen-bond acceptors (Lipinski definition) is 5. The van der Waals surface area contributed by atoms with Crippen molar-refractivity contribution in [3.05, 3.63) is 72.1 Å². The van der Waals surface area contributed by atoms with E-state index in [9.17, 15) is 9.59 Å². The Bertz CT molecular complexity index is 1080. The Labute approximate surface area is 181 Å². The Morgan fingerprint density at radius 1 is 1.10 bits per heavy atom. The largest absolute Gasteiger partial charge is 0.369 e. The van der Waals surface area contributed by atoms with Gasteiger partial charge in [0.25, 0.3) is 5.91 Å². The van der Waals surface area contributed by atoms with Gasteiger partial charge in [-0.05, 0) is 44.0 Å². The lowest BCUT2D eigenvalue weighted by Gasteiger charge is -2.32. The number of aromatic nitrogens is 2. The SMILES string of the molecule is Cc1nc(-c2ccccc2)ccc1C(=O)Nc1ccc(N2CCCC(C(N)=O)C2)nc1. The van der Waals surface area contributed by atoms with Gasteiger partial charge < -0.3 is 16.0 Å². The maximum Gasteiger partial charge on any atom is 0.257 e. The van der Waals surface area contributed by atoms with Crippen molar-refractivity contribution in [2.75, 3.05) is 23.3 Å². The molecule has 7 nitrogen and oxygen atoms in total. The zero-order valence-corrected chi connectivity index (χ0v) is 17.4. The van der Waals surface area contributed by atoms with E-state index in [1.807, 2.05) is 55.5 Å². The first kappa shape index (κ1) is 20.5. The maximum absolute atomic E-state index is 12.7. The summed E-state index contributed by atoms with van der Waals surface area (Å²) < 4.78 is 0. The first-order valence-corrected chi connectivity index (χ1v) is 10.4. The van der Waals surface area contributed by atoms with Crippen molar-refractivity contribution < 1.29 is 9.59 Å². The van der Waals surface area contributed by atoms with Crippen molar-refractivity contribution in [1.82, 2.24) is 9.97 Å². The smallest absolute Gasteiger partial charge is 0.257 e. The number of piperidine rings is 1. The Morgan fingerprint density at radius 3 is 2.58 bits per heavy atom. The minimum atomic E-state index is -0.268. The second kappa shape index (κ2) is 8.95. The molecule has 0 bridgehead atoms. The lowest BCUT2D eigenvalue weighted by atomic mass is 9.97. The van der Waals surface area contributed by atoms with E-state index < -0.39 is 0 Å². The lowest BCUT2D eigenvalue weighted by molar-refractivity contribution is -0.122. The molecule has 3 heterocycles. The quantitative estimate of drug-likeness (QED) is 0.665. The van der Waals surface area contributed by atoms with Gasteiger partial charge in [-0.2, -0.15) is 0 Å². The number of aryl methyl sites for hydroxylation is 1. The number of nitrogens with zero attached hydrogens (tertiary/aromatic N) is 3. The molecule has 1 saturated heterocycles. The van der Waals surface area contributed by atoms with Gasteiger partial charge in [0.15, 0.2) is 0 Å². The van der Waals surface area contributed by atoms with Gasteiger partial charge >= 0.3 is 0 Å². The fourth-order valence-electron chi connectivity index (χ4n) is 3.83. The Kier molecular flexibility index (Phi) is 5.93. The van der Waals surface area contributed by atoms with E-state index in [0.717, 1.165) is 36.5 Å². The molecule has 1 unspecified atom stereocenters. The van der Waals surface area contributed by atoms with Gasteiger partial charge in [0.05, 0.1) is 34.8 Å². The van der Waals surface area contributed by atoms with Crippen molar-refractivity contribution in [3.63, 3.8) is 0 Å². The van der Waals surface area contributed by atoms with Crippen LogP contribution < -0.4 is 16.0 Å². The van der Waals surface area contributed by atoms with Crippen molar-refractivity contribution in [3.8, 4) is 11.3 Å². The number of rotatable bonds is 5. The van der Waals surface area contributed by atoms with E-state index in [-0.39, 0.29) is 17.7 Å². The number of hydrogen-bond donors (Lipinski definition) is 2. The zero-order chi connectivity index (χ0) is 21.8.